The van der Waals surface area contributed by atoms with Crippen molar-refractivity contribution in [2.75, 3.05) is 19.8 Å². The van der Waals surface area contributed by atoms with Crippen LogP contribution in [0.1, 0.15) is 162 Å². The summed E-state index contributed by atoms with van der Waals surface area (Å²) >= 11 is 0. The Morgan fingerprint density at radius 1 is 0.607 bits per heavy atom. The van der Waals surface area contributed by atoms with Crippen molar-refractivity contribution in [2.24, 2.45) is 5.73 Å². The Morgan fingerprint density at radius 2 is 1.11 bits per heavy atom. The third kappa shape index (κ3) is 41.7. The molecule has 0 spiro atoms. The largest absolute Gasteiger partial charge is 0.480 e. The summed E-state index contributed by atoms with van der Waals surface area (Å²) in [5.41, 5.74) is 5.33. The number of phosphoric ester groups is 1. The predicted octanol–water partition coefficient (Wildman–Crippen LogP) is 11.3. The average Bonchev–Trinajstić information content (AvgIpc) is 3.23. The molecule has 0 amide bonds. The minimum absolute atomic E-state index is 0.0141. The van der Waals surface area contributed by atoms with Crippen molar-refractivity contribution in [3.8, 4) is 0 Å². The highest BCUT2D eigenvalue weighted by Gasteiger charge is 2.28. The molecule has 0 rings (SSSR count). The third-order valence-electron chi connectivity index (χ3n) is 9.23. The first-order valence-corrected chi connectivity index (χ1v) is 24.2. The molecule has 0 saturated heterocycles. The van der Waals surface area contributed by atoms with Crippen LogP contribution in [0.25, 0.3) is 0 Å². The molecule has 61 heavy (non-hydrogen) atoms. The molecule has 0 aliphatic heterocycles. The summed E-state index contributed by atoms with van der Waals surface area (Å²) in [5.74, 6) is -2.62. The van der Waals surface area contributed by atoms with E-state index in [1.165, 1.54) is 51.4 Å². The normalized spacial score (nSPS) is 15.0. The van der Waals surface area contributed by atoms with Crippen molar-refractivity contribution in [1.82, 2.24) is 0 Å². The van der Waals surface area contributed by atoms with Gasteiger partial charge in [-0.2, -0.15) is 0 Å². The molecule has 4 atom stereocenters. The number of esters is 2. The third-order valence-corrected chi connectivity index (χ3v) is 10.2. The summed E-state index contributed by atoms with van der Waals surface area (Å²) in [6.45, 7) is 2.45. The Morgan fingerprint density at radius 3 is 1.70 bits per heavy atom. The van der Waals surface area contributed by atoms with Crippen molar-refractivity contribution < 1.29 is 52.6 Å². The highest BCUT2D eigenvalue weighted by molar-refractivity contribution is 7.47. The second-order valence-corrected chi connectivity index (χ2v) is 16.5. The van der Waals surface area contributed by atoms with Crippen molar-refractivity contribution in [1.29, 1.82) is 0 Å². The fourth-order valence-corrected chi connectivity index (χ4v) is 6.43. The van der Waals surface area contributed by atoms with E-state index in [1.807, 2.05) is 12.2 Å². The Balaban J connectivity index is 4.53. The van der Waals surface area contributed by atoms with Crippen LogP contribution in [0.2, 0.25) is 0 Å². The zero-order valence-corrected chi connectivity index (χ0v) is 38.2. The van der Waals surface area contributed by atoms with Crippen molar-refractivity contribution in [3.63, 3.8) is 0 Å². The summed E-state index contributed by atoms with van der Waals surface area (Å²) in [6.07, 6.45) is 48.2. The van der Waals surface area contributed by atoms with Crippen LogP contribution in [-0.2, 0) is 37.5 Å². The number of carboxylic acid groups (broad SMARTS) is 1. The lowest BCUT2D eigenvalue weighted by molar-refractivity contribution is -0.161. The van der Waals surface area contributed by atoms with E-state index in [1.54, 1.807) is 12.2 Å². The number of nitrogens with two attached hydrogens (primary N) is 1. The van der Waals surface area contributed by atoms with E-state index in [4.69, 9.17) is 24.8 Å². The maximum Gasteiger partial charge on any atom is 0.472 e. The number of unbranched alkanes of at least 4 members (excludes halogenated alkanes) is 12. The molecule has 0 aromatic heterocycles. The molecule has 0 aliphatic carbocycles. The van der Waals surface area contributed by atoms with Crippen LogP contribution < -0.4 is 5.73 Å². The molecule has 0 aromatic carbocycles. The van der Waals surface area contributed by atoms with Gasteiger partial charge in [0.05, 0.1) is 19.3 Å². The molecular weight excluding hydrogens is 797 g/mol. The Labute approximate surface area is 367 Å². The molecule has 0 saturated carbocycles. The van der Waals surface area contributed by atoms with Gasteiger partial charge in [0, 0.05) is 12.8 Å². The van der Waals surface area contributed by atoms with Crippen LogP contribution in [0.15, 0.2) is 85.1 Å². The molecule has 12 nitrogen and oxygen atoms in total. The van der Waals surface area contributed by atoms with E-state index in [0.29, 0.717) is 19.3 Å². The topological polar surface area (TPSA) is 192 Å². The van der Waals surface area contributed by atoms with E-state index in [-0.39, 0.29) is 12.8 Å². The first kappa shape index (κ1) is 57.6. The zero-order valence-electron chi connectivity index (χ0n) is 37.3. The number of aliphatic carboxylic acids is 1. The zero-order chi connectivity index (χ0) is 45.1. The van der Waals surface area contributed by atoms with Gasteiger partial charge in [-0.05, 0) is 77.0 Å². The molecule has 0 bridgehead atoms. The minimum Gasteiger partial charge on any atom is -0.480 e. The Kier molecular flexibility index (Phi) is 39.6. The van der Waals surface area contributed by atoms with Gasteiger partial charge in [-0.3, -0.25) is 23.4 Å². The van der Waals surface area contributed by atoms with Gasteiger partial charge in [0.15, 0.2) is 6.10 Å². The van der Waals surface area contributed by atoms with Gasteiger partial charge in [-0.15, -0.1) is 0 Å². The average molecular weight is 878 g/mol. The number of hydrogen-bond acceptors (Lipinski definition) is 10. The number of rotatable bonds is 41. The summed E-state index contributed by atoms with van der Waals surface area (Å²) in [7, 11) is -4.77. The van der Waals surface area contributed by atoms with Crippen LogP contribution in [-0.4, -0.2) is 71.1 Å². The molecule has 0 radical (unpaired) electrons. The van der Waals surface area contributed by atoms with E-state index >= 15 is 0 Å². The SMILES string of the molecule is CC/C=C\C/C=C\C/C=C\C/C=C\C=C\C(O)CCCC(=O)OC[C@H](COP(=O)(O)OC[C@H](N)C(=O)O)OC(=O)CCCCCCCCCCC/C=C\C/C=C\CCCCC. The summed E-state index contributed by atoms with van der Waals surface area (Å²) in [4.78, 5) is 46.1. The number of carboxylic acids is 1. The number of phosphoric acid groups is 1. The Bertz CT molecular complexity index is 1370. The quantitative estimate of drug-likeness (QED) is 0.0150. The van der Waals surface area contributed by atoms with Crippen LogP contribution >= 0.6 is 7.82 Å². The molecular formula is C48H80NO11P. The monoisotopic (exact) mass is 878 g/mol. The lowest BCUT2D eigenvalue weighted by Gasteiger charge is -2.20. The van der Waals surface area contributed by atoms with Gasteiger partial charge in [0.2, 0.25) is 0 Å². The summed E-state index contributed by atoms with van der Waals surface area (Å²) in [5, 5.41) is 19.2. The van der Waals surface area contributed by atoms with E-state index in [2.05, 4.69) is 79.1 Å². The van der Waals surface area contributed by atoms with Gasteiger partial charge in [0.1, 0.15) is 12.6 Å². The van der Waals surface area contributed by atoms with E-state index in [9.17, 15) is 28.9 Å². The van der Waals surface area contributed by atoms with Crippen LogP contribution in [0, 0.1) is 0 Å². The predicted molar refractivity (Wildman–Crippen MR) is 246 cm³/mol. The molecule has 0 fully saturated rings. The van der Waals surface area contributed by atoms with E-state index < -0.39 is 63.8 Å². The highest BCUT2D eigenvalue weighted by atomic mass is 31.2. The second kappa shape index (κ2) is 41.9. The molecule has 0 aliphatic rings. The molecule has 0 heterocycles. The Hall–Kier alpha value is -3.38. The number of carbonyl (C=O) groups excluding carboxylic acids is 2. The van der Waals surface area contributed by atoms with Gasteiger partial charge in [-0.25, -0.2) is 4.57 Å². The van der Waals surface area contributed by atoms with Gasteiger partial charge < -0.3 is 30.3 Å². The highest BCUT2D eigenvalue weighted by Crippen LogP contribution is 2.43. The number of carbonyl (C=O) groups is 3. The molecule has 0 aromatic rings. The lowest BCUT2D eigenvalue weighted by Crippen LogP contribution is -2.34. The summed E-state index contributed by atoms with van der Waals surface area (Å²) in [6, 6.07) is -1.55. The standard InChI is InChI=1S/C48H80NO11P/c1-3-5-7-9-11-13-15-17-18-19-20-21-22-24-26-28-30-32-34-38-47(52)60-44(41-58-61(55,56)59-42-45(49)48(53)54)40-57-46(51)39-35-37-43(50)36-33-31-29-27-25-23-16-14-12-10-8-6-4-2/h6,8,11-14,17-18,23,25,29,31,33,36,43-45,50H,3-5,7,9-10,15-16,19-22,24,26-28,30,32,34-35,37-42,49H2,1-2H3,(H,53,54)(H,55,56)/b8-6-,13-11-,14-12-,18-17-,25-23-,31-29-,36-33+/t43?,44-,45+/m1/s1. The molecule has 5 N–H and O–H groups in total. The lowest BCUT2D eigenvalue weighted by atomic mass is 10.1. The van der Waals surface area contributed by atoms with Crippen molar-refractivity contribution in [3.05, 3.63) is 85.1 Å². The number of aliphatic hydroxyl groups is 1. The second-order valence-electron chi connectivity index (χ2n) is 15.0. The fourth-order valence-electron chi connectivity index (χ4n) is 5.65. The molecule has 13 heteroatoms. The van der Waals surface area contributed by atoms with Crippen LogP contribution in [0.5, 0.6) is 0 Å². The number of aliphatic hydroxyl groups excluding tert-OH is 1. The van der Waals surface area contributed by atoms with Gasteiger partial charge in [0.25, 0.3) is 0 Å². The molecule has 2 unspecified atom stereocenters. The first-order chi connectivity index (χ1) is 29.5. The van der Waals surface area contributed by atoms with Crippen LogP contribution in [0.4, 0.5) is 0 Å². The van der Waals surface area contributed by atoms with Crippen LogP contribution in [0.3, 0.4) is 0 Å². The van der Waals surface area contributed by atoms with Crippen molar-refractivity contribution in [2.45, 2.75) is 180 Å². The van der Waals surface area contributed by atoms with Crippen molar-refractivity contribution >= 4 is 25.7 Å². The fraction of sp³-hybridized carbons (Fsp3) is 0.646. The maximum absolute atomic E-state index is 12.7. The molecule has 348 valence electrons. The first-order valence-electron chi connectivity index (χ1n) is 22.7. The maximum atomic E-state index is 12.7. The van der Waals surface area contributed by atoms with E-state index in [0.717, 1.165) is 64.2 Å². The minimum atomic E-state index is -4.77. The van der Waals surface area contributed by atoms with Gasteiger partial charge >= 0.3 is 25.7 Å². The smallest absolute Gasteiger partial charge is 0.472 e. The summed E-state index contributed by atoms with van der Waals surface area (Å²) < 4.78 is 32.6. The number of ether oxygens (including phenoxy) is 2. The van der Waals surface area contributed by atoms with Gasteiger partial charge in [-0.1, -0.05) is 157 Å². The number of allylic oxidation sites excluding steroid dienone is 13. The number of hydrogen-bond donors (Lipinski definition) is 4.